The number of nitrogens with zero attached hydrogens (tertiary/aromatic N) is 2. The van der Waals surface area contributed by atoms with Gasteiger partial charge in [0.25, 0.3) is 0 Å². The summed E-state index contributed by atoms with van der Waals surface area (Å²) in [6.07, 6.45) is 3.94. The van der Waals surface area contributed by atoms with Gasteiger partial charge in [0, 0.05) is 42.2 Å². The second-order valence-electron chi connectivity index (χ2n) is 8.23. The number of hydrogen-bond acceptors (Lipinski definition) is 3. The van der Waals surface area contributed by atoms with Crippen molar-refractivity contribution < 1.29 is 4.39 Å². The van der Waals surface area contributed by atoms with Gasteiger partial charge in [-0.1, -0.05) is 18.7 Å². The number of anilines is 2. The van der Waals surface area contributed by atoms with Crippen LogP contribution in [0.25, 0.3) is 5.70 Å². The minimum atomic E-state index is -0.232. The summed E-state index contributed by atoms with van der Waals surface area (Å²) < 4.78 is 13.1. The normalized spacial score (nSPS) is 22.6. The van der Waals surface area contributed by atoms with Gasteiger partial charge in [0.1, 0.15) is 5.82 Å². The molecule has 2 aromatic rings. The van der Waals surface area contributed by atoms with Crippen LogP contribution in [0.2, 0.25) is 0 Å². The highest BCUT2D eigenvalue weighted by Crippen LogP contribution is 2.31. The molecule has 4 rings (SSSR count). The Bertz CT molecular complexity index is 845. The van der Waals surface area contributed by atoms with E-state index in [1.165, 1.54) is 49.2 Å². The maximum absolute atomic E-state index is 13.1. The Balaban J connectivity index is 1.42. The van der Waals surface area contributed by atoms with Gasteiger partial charge in [-0.25, -0.2) is 4.39 Å². The number of likely N-dealkylation sites (tertiary alicyclic amines) is 1. The minimum Gasteiger partial charge on any atom is -0.370 e. The number of hydrogen-bond donors (Lipinski definition) is 1. The predicted molar refractivity (Wildman–Crippen MR) is 116 cm³/mol. The van der Waals surface area contributed by atoms with Crippen LogP contribution in [0.1, 0.15) is 37.3 Å². The van der Waals surface area contributed by atoms with Crippen molar-refractivity contribution in [2.45, 2.75) is 45.2 Å². The van der Waals surface area contributed by atoms with E-state index in [0.717, 1.165) is 36.1 Å². The fourth-order valence-corrected chi connectivity index (χ4v) is 4.62. The van der Waals surface area contributed by atoms with Gasteiger partial charge in [-0.05, 0) is 81.1 Å². The maximum Gasteiger partial charge on any atom is 0.123 e. The molecular weight excluding hydrogens is 349 g/mol. The smallest absolute Gasteiger partial charge is 0.123 e. The van der Waals surface area contributed by atoms with Crippen molar-refractivity contribution in [2.75, 3.05) is 29.9 Å². The lowest BCUT2D eigenvalue weighted by Gasteiger charge is -2.28. The summed E-state index contributed by atoms with van der Waals surface area (Å²) in [6.45, 7) is 12.1. The van der Waals surface area contributed by atoms with E-state index >= 15 is 0 Å². The molecule has 2 aliphatic rings. The van der Waals surface area contributed by atoms with Crippen LogP contribution in [0, 0.1) is 12.7 Å². The van der Waals surface area contributed by atoms with E-state index in [1.54, 1.807) is 12.1 Å². The fraction of sp³-hybridized carbons (Fsp3) is 0.417. The van der Waals surface area contributed by atoms with Crippen LogP contribution in [0.4, 0.5) is 15.8 Å². The quantitative estimate of drug-likeness (QED) is 0.762. The van der Waals surface area contributed by atoms with Crippen molar-refractivity contribution in [3.8, 4) is 0 Å². The molecule has 148 valence electrons. The third kappa shape index (κ3) is 3.93. The lowest BCUT2D eigenvalue weighted by molar-refractivity contribution is 0.204. The van der Waals surface area contributed by atoms with Crippen molar-refractivity contribution in [1.29, 1.82) is 0 Å². The van der Waals surface area contributed by atoms with Gasteiger partial charge in [0.2, 0.25) is 0 Å². The number of benzene rings is 2. The number of halogens is 1. The first-order valence-corrected chi connectivity index (χ1v) is 10.3. The van der Waals surface area contributed by atoms with Gasteiger partial charge in [-0.3, -0.25) is 4.90 Å². The Labute approximate surface area is 167 Å². The third-order valence-electron chi connectivity index (χ3n) is 6.29. The monoisotopic (exact) mass is 379 g/mol. The topological polar surface area (TPSA) is 18.5 Å². The van der Waals surface area contributed by atoms with Crippen LogP contribution >= 0.6 is 0 Å². The van der Waals surface area contributed by atoms with Crippen LogP contribution in [0.5, 0.6) is 0 Å². The molecule has 2 unspecified atom stereocenters. The molecular formula is C24H30FN3. The molecule has 3 nitrogen and oxygen atoms in total. The van der Waals surface area contributed by atoms with Crippen LogP contribution < -0.4 is 10.2 Å². The minimum absolute atomic E-state index is 0.232. The molecule has 0 saturated carbocycles. The van der Waals surface area contributed by atoms with Crippen molar-refractivity contribution in [3.63, 3.8) is 0 Å². The molecule has 2 heterocycles. The van der Waals surface area contributed by atoms with Crippen molar-refractivity contribution in [2.24, 2.45) is 0 Å². The lowest BCUT2D eigenvalue weighted by atomic mass is 10.1. The Kier molecular flexibility index (Phi) is 5.40. The highest BCUT2D eigenvalue weighted by Gasteiger charge is 2.32. The standard InChI is InChI=1S/C24H30FN3/c1-17-15-22(27-14-12-23(16-27)28-13-4-5-18(28)2)10-11-24(17)26-19(3)20-6-8-21(25)9-7-20/h6-11,15,18,23,26H,3-5,12-14,16H2,1-2H3. The van der Waals surface area contributed by atoms with Crippen LogP contribution in [0.15, 0.2) is 49.0 Å². The molecule has 2 atom stereocenters. The van der Waals surface area contributed by atoms with Crippen LogP contribution in [-0.2, 0) is 0 Å². The summed E-state index contributed by atoms with van der Waals surface area (Å²) in [4.78, 5) is 5.22. The molecule has 0 aliphatic carbocycles. The molecule has 2 saturated heterocycles. The fourth-order valence-electron chi connectivity index (χ4n) is 4.62. The average molecular weight is 380 g/mol. The summed E-state index contributed by atoms with van der Waals surface area (Å²) in [5.41, 5.74) is 5.21. The lowest BCUT2D eigenvalue weighted by Crippen LogP contribution is -2.39. The van der Waals surface area contributed by atoms with E-state index in [1.807, 2.05) is 0 Å². The third-order valence-corrected chi connectivity index (χ3v) is 6.29. The first-order chi connectivity index (χ1) is 13.5. The summed E-state index contributed by atoms with van der Waals surface area (Å²) in [5.74, 6) is -0.232. The summed E-state index contributed by atoms with van der Waals surface area (Å²) in [6, 6.07) is 14.4. The number of aryl methyl sites for hydroxylation is 1. The Morgan fingerprint density at radius 3 is 2.57 bits per heavy atom. The largest absolute Gasteiger partial charge is 0.370 e. The van der Waals surface area contributed by atoms with E-state index in [2.05, 4.69) is 53.7 Å². The van der Waals surface area contributed by atoms with Gasteiger partial charge in [-0.2, -0.15) is 0 Å². The van der Waals surface area contributed by atoms with E-state index in [-0.39, 0.29) is 5.82 Å². The van der Waals surface area contributed by atoms with Crippen molar-refractivity contribution in [3.05, 3.63) is 66.0 Å². The van der Waals surface area contributed by atoms with Crippen LogP contribution in [-0.4, -0.2) is 36.6 Å². The zero-order valence-corrected chi connectivity index (χ0v) is 16.9. The summed E-state index contributed by atoms with van der Waals surface area (Å²) in [5, 5.41) is 3.38. The van der Waals surface area contributed by atoms with E-state index in [9.17, 15) is 4.39 Å². The summed E-state index contributed by atoms with van der Waals surface area (Å²) >= 11 is 0. The Morgan fingerprint density at radius 1 is 1.11 bits per heavy atom. The van der Waals surface area contributed by atoms with Gasteiger partial charge >= 0.3 is 0 Å². The molecule has 0 spiro atoms. The molecule has 0 amide bonds. The first-order valence-electron chi connectivity index (χ1n) is 10.3. The van der Waals surface area contributed by atoms with E-state index in [4.69, 9.17) is 0 Å². The molecule has 4 heteroatoms. The van der Waals surface area contributed by atoms with Crippen molar-refractivity contribution in [1.82, 2.24) is 4.90 Å². The second kappa shape index (κ2) is 7.96. The van der Waals surface area contributed by atoms with E-state index in [0.29, 0.717) is 6.04 Å². The van der Waals surface area contributed by atoms with Gasteiger partial charge < -0.3 is 10.2 Å². The predicted octanol–water partition coefficient (Wildman–Crippen LogP) is 5.28. The summed E-state index contributed by atoms with van der Waals surface area (Å²) in [7, 11) is 0. The molecule has 0 aromatic heterocycles. The van der Waals surface area contributed by atoms with Gasteiger partial charge in [0.15, 0.2) is 0 Å². The molecule has 2 fully saturated rings. The first kappa shape index (κ1) is 19.0. The zero-order valence-electron chi connectivity index (χ0n) is 16.9. The number of rotatable bonds is 5. The van der Waals surface area contributed by atoms with Gasteiger partial charge in [-0.15, -0.1) is 0 Å². The zero-order chi connectivity index (χ0) is 19.7. The maximum atomic E-state index is 13.1. The molecule has 2 aliphatic heterocycles. The molecule has 1 N–H and O–H groups in total. The Hall–Kier alpha value is -2.33. The highest BCUT2D eigenvalue weighted by atomic mass is 19.1. The average Bonchev–Trinajstić information content (AvgIpc) is 3.32. The molecule has 2 aromatic carbocycles. The number of nitrogens with one attached hydrogen (secondary N) is 1. The van der Waals surface area contributed by atoms with E-state index < -0.39 is 0 Å². The molecule has 0 radical (unpaired) electrons. The second-order valence-corrected chi connectivity index (χ2v) is 8.23. The highest BCUT2D eigenvalue weighted by molar-refractivity contribution is 5.77. The van der Waals surface area contributed by atoms with Gasteiger partial charge in [0.05, 0.1) is 0 Å². The SMILES string of the molecule is C=C(Nc1ccc(N2CCC(N3CCCC3C)C2)cc1C)c1ccc(F)cc1. The molecule has 0 bridgehead atoms. The molecule has 28 heavy (non-hydrogen) atoms. The van der Waals surface area contributed by atoms with Crippen molar-refractivity contribution >= 4 is 17.1 Å². The Morgan fingerprint density at radius 2 is 1.89 bits per heavy atom. The van der Waals surface area contributed by atoms with Crippen LogP contribution in [0.3, 0.4) is 0 Å².